The van der Waals surface area contributed by atoms with Gasteiger partial charge in [-0.05, 0) is 0 Å². The Morgan fingerprint density at radius 1 is 1.36 bits per heavy atom. The third-order valence-corrected chi connectivity index (χ3v) is 1.05. The molecule has 11 heavy (non-hydrogen) atoms. The molecule has 0 unspecified atom stereocenters. The average Bonchev–Trinajstić information content (AvgIpc) is 1.85. The van der Waals surface area contributed by atoms with Gasteiger partial charge in [0.25, 0.3) is 0 Å². The van der Waals surface area contributed by atoms with Gasteiger partial charge >= 0.3 is 0 Å². The Bertz CT molecular complexity index is 277. The van der Waals surface area contributed by atoms with E-state index >= 15 is 0 Å². The number of halogens is 3. The first-order valence-electron chi connectivity index (χ1n) is 2.62. The van der Waals surface area contributed by atoms with Crippen LogP contribution in [0.2, 0.25) is 0 Å². The maximum atomic E-state index is 12.4. The summed E-state index contributed by atoms with van der Waals surface area (Å²) in [5, 5.41) is 0. The van der Waals surface area contributed by atoms with Gasteiger partial charge in [0.2, 0.25) is 11.9 Å². The number of carbonyl (C=O) groups excluding carboxylic acids is 1. The van der Waals surface area contributed by atoms with Crippen molar-refractivity contribution in [3.63, 3.8) is 0 Å². The fourth-order valence-electron chi connectivity index (χ4n) is 0.572. The van der Waals surface area contributed by atoms with Crippen molar-refractivity contribution in [2.45, 2.75) is 0 Å². The van der Waals surface area contributed by atoms with Gasteiger partial charge in [0.05, 0.1) is 0 Å². The summed E-state index contributed by atoms with van der Waals surface area (Å²) in [7, 11) is 0. The first-order chi connectivity index (χ1) is 5.15. The highest BCUT2D eigenvalue weighted by Gasteiger charge is 2.10. The quantitative estimate of drug-likeness (QED) is 0.459. The van der Waals surface area contributed by atoms with E-state index in [9.17, 15) is 18.0 Å². The lowest BCUT2D eigenvalue weighted by Crippen LogP contribution is -1.99. The van der Waals surface area contributed by atoms with Crippen LogP contribution in [0.1, 0.15) is 10.4 Å². The van der Waals surface area contributed by atoms with Crippen molar-refractivity contribution in [3.8, 4) is 0 Å². The van der Waals surface area contributed by atoms with E-state index < -0.39 is 23.3 Å². The summed E-state index contributed by atoms with van der Waals surface area (Å²) in [6, 6.07) is 0.340. The zero-order chi connectivity index (χ0) is 8.43. The number of hydrogen-bond acceptors (Lipinski definition) is 2. The normalized spacial score (nSPS) is 9.73. The van der Waals surface area contributed by atoms with E-state index in [-0.39, 0.29) is 6.29 Å². The molecule has 0 atom stereocenters. The summed E-state index contributed by atoms with van der Waals surface area (Å²) < 4.78 is 36.7. The van der Waals surface area contributed by atoms with Crippen LogP contribution < -0.4 is 0 Å². The van der Waals surface area contributed by atoms with Crippen molar-refractivity contribution < 1.29 is 18.0 Å². The van der Waals surface area contributed by atoms with Crippen LogP contribution in [0.5, 0.6) is 0 Å². The van der Waals surface area contributed by atoms with E-state index in [2.05, 4.69) is 4.98 Å². The van der Waals surface area contributed by atoms with Crippen LogP contribution in [0.3, 0.4) is 0 Å². The Labute approximate surface area is 59.7 Å². The predicted molar refractivity (Wildman–Crippen MR) is 29.5 cm³/mol. The maximum Gasteiger partial charge on any atom is 0.229 e. The zero-order valence-electron chi connectivity index (χ0n) is 5.14. The number of pyridine rings is 1. The topological polar surface area (TPSA) is 30.0 Å². The van der Waals surface area contributed by atoms with Gasteiger partial charge in [0.15, 0.2) is 6.29 Å². The van der Waals surface area contributed by atoms with Gasteiger partial charge in [-0.25, -0.2) is 4.39 Å². The molecule has 0 amide bonds. The Morgan fingerprint density at radius 3 is 2.45 bits per heavy atom. The second-order valence-electron chi connectivity index (χ2n) is 1.75. The summed E-state index contributed by atoms with van der Waals surface area (Å²) >= 11 is 0. The SMILES string of the molecule is O=Cc1c(F)cc(F)nc1F. The molecule has 58 valence electrons. The molecule has 1 aromatic heterocycles. The van der Waals surface area contributed by atoms with E-state index in [1.807, 2.05) is 0 Å². The molecule has 0 radical (unpaired) electrons. The number of rotatable bonds is 1. The molecule has 0 aliphatic rings. The monoisotopic (exact) mass is 161 g/mol. The van der Waals surface area contributed by atoms with E-state index in [0.29, 0.717) is 6.07 Å². The van der Waals surface area contributed by atoms with Gasteiger partial charge in [0.1, 0.15) is 11.4 Å². The Morgan fingerprint density at radius 2 is 2.00 bits per heavy atom. The lowest BCUT2D eigenvalue weighted by molar-refractivity contribution is 0.111. The standard InChI is InChI=1S/C6H2F3NO/c7-4-1-5(8)10-6(9)3(4)2-11/h1-2H. The Balaban J connectivity index is 3.36. The lowest BCUT2D eigenvalue weighted by Gasteiger charge is -1.94. The van der Waals surface area contributed by atoms with Crippen molar-refractivity contribution in [2.75, 3.05) is 0 Å². The maximum absolute atomic E-state index is 12.4. The zero-order valence-corrected chi connectivity index (χ0v) is 5.14. The number of aldehydes is 1. The van der Waals surface area contributed by atoms with Crippen molar-refractivity contribution in [2.24, 2.45) is 0 Å². The first-order valence-corrected chi connectivity index (χ1v) is 2.62. The summed E-state index contributed by atoms with van der Waals surface area (Å²) in [5.74, 6) is -3.96. The molecule has 0 bridgehead atoms. The van der Waals surface area contributed by atoms with Gasteiger partial charge < -0.3 is 0 Å². The third kappa shape index (κ3) is 1.36. The van der Waals surface area contributed by atoms with Crippen molar-refractivity contribution >= 4 is 6.29 Å². The molecule has 0 saturated heterocycles. The molecule has 1 heterocycles. The second kappa shape index (κ2) is 2.69. The molecule has 0 aliphatic carbocycles. The fourth-order valence-corrected chi connectivity index (χ4v) is 0.572. The first kappa shape index (κ1) is 7.71. The fraction of sp³-hybridized carbons (Fsp3) is 0. The number of nitrogens with zero attached hydrogens (tertiary/aromatic N) is 1. The lowest BCUT2D eigenvalue weighted by atomic mass is 10.3. The smallest absolute Gasteiger partial charge is 0.229 e. The van der Waals surface area contributed by atoms with Crippen LogP contribution in [-0.4, -0.2) is 11.3 Å². The van der Waals surface area contributed by atoms with Gasteiger partial charge in [-0.15, -0.1) is 0 Å². The predicted octanol–water partition coefficient (Wildman–Crippen LogP) is 1.31. The van der Waals surface area contributed by atoms with Crippen LogP contribution in [0.15, 0.2) is 6.07 Å². The van der Waals surface area contributed by atoms with E-state index in [1.54, 1.807) is 0 Å². The largest absolute Gasteiger partial charge is 0.298 e. The minimum absolute atomic E-state index is 0.0584. The average molecular weight is 161 g/mol. The molecular formula is C6H2F3NO. The van der Waals surface area contributed by atoms with Crippen molar-refractivity contribution in [3.05, 3.63) is 29.3 Å². The number of aromatic nitrogens is 1. The van der Waals surface area contributed by atoms with Gasteiger partial charge in [0, 0.05) is 6.07 Å². The van der Waals surface area contributed by atoms with Crippen molar-refractivity contribution in [1.29, 1.82) is 0 Å². The van der Waals surface area contributed by atoms with Crippen LogP contribution in [0, 0.1) is 17.7 Å². The highest BCUT2D eigenvalue weighted by Crippen LogP contribution is 2.08. The molecule has 0 fully saturated rings. The summed E-state index contributed by atoms with van der Waals surface area (Å²) in [6.07, 6.45) is -0.0584. The highest BCUT2D eigenvalue weighted by molar-refractivity contribution is 5.74. The van der Waals surface area contributed by atoms with E-state index in [4.69, 9.17) is 0 Å². The molecular weight excluding hydrogens is 159 g/mol. The van der Waals surface area contributed by atoms with Gasteiger partial charge in [-0.2, -0.15) is 13.8 Å². The van der Waals surface area contributed by atoms with Crippen LogP contribution in [-0.2, 0) is 0 Å². The molecule has 0 aromatic carbocycles. The Hall–Kier alpha value is -1.39. The molecule has 0 N–H and O–H groups in total. The number of carbonyl (C=O) groups is 1. The third-order valence-electron chi connectivity index (χ3n) is 1.05. The van der Waals surface area contributed by atoms with Crippen LogP contribution >= 0.6 is 0 Å². The molecule has 0 saturated carbocycles. The van der Waals surface area contributed by atoms with Gasteiger partial charge in [-0.1, -0.05) is 0 Å². The minimum atomic E-state index is -1.43. The molecule has 1 aromatic rings. The van der Waals surface area contributed by atoms with Crippen LogP contribution in [0.25, 0.3) is 0 Å². The summed E-state index contributed by atoms with van der Waals surface area (Å²) in [6.45, 7) is 0. The molecule has 5 heteroatoms. The minimum Gasteiger partial charge on any atom is -0.298 e. The summed E-state index contributed by atoms with van der Waals surface area (Å²) in [5.41, 5.74) is -0.855. The molecule has 2 nitrogen and oxygen atoms in total. The molecule has 1 rings (SSSR count). The number of hydrogen-bond donors (Lipinski definition) is 0. The molecule has 0 aliphatic heterocycles. The van der Waals surface area contributed by atoms with E-state index in [0.717, 1.165) is 0 Å². The highest BCUT2D eigenvalue weighted by atomic mass is 19.1. The summed E-state index contributed by atoms with van der Waals surface area (Å²) in [4.78, 5) is 12.5. The van der Waals surface area contributed by atoms with Gasteiger partial charge in [-0.3, -0.25) is 4.79 Å². The Kier molecular flexibility index (Phi) is 1.89. The second-order valence-corrected chi connectivity index (χ2v) is 1.75. The van der Waals surface area contributed by atoms with Crippen molar-refractivity contribution in [1.82, 2.24) is 4.98 Å². The molecule has 0 spiro atoms. The van der Waals surface area contributed by atoms with E-state index in [1.165, 1.54) is 0 Å². The van der Waals surface area contributed by atoms with Crippen LogP contribution in [0.4, 0.5) is 13.2 Å².